The SMILES string of the molecule is CCOC(=O)C1=C(C)N=c2s/c(=C\c3cc(OC)c(OC)cc3[N+](=O)[O-])c(=O)n2C1c1cccc(OC)c1. The lowest BCUT2D eigenvalue weighted by atomic mass is 9.95. The Kier molecular flexibility index (Phi) is 7.62. The van der Waals surface area contributed by atoms with Crippen molar-refractivity contribution in [3.63, 3.8) is 0 Å². The van der Waals surface area contributed by atoms with E-state index in [1.54, 1.807) is 38.1 Å². The van der Waals surface area contributed by atoms with Crippen molar-refractivity contribution in [2.45, 2.75) is 19.9 Å². The number of methoxy groups -OCH3 is 3. The molecule has 2 heterocycles. The molecule has 1 aromatic heterocycles. The van der Waals surface area contributed by atoms with Gasteiger partial charge in [-0.2, -0.15) is 0 Å². The predicted octanol–water partition coefficient (Wildman–Crippen LogP) is 2.73. The van der Waals surface area contributed by atoms with Crippen LogP contribution in [0, 0.1) is 10.1 Å². The van der Waals surface area contributed by atoms with Crippen LogP contribution in [0.4, 0.5) is 5.69 Å². The summed E-state index contributed by atoms with van der Waals surface area (Å²) in [6.07, 6.45) is 1.41. The first kappa shape index (κ1) is 26.6. The second-order valence-corrected chi connectivity index (χ2v) is 9.11. The zero-order valence-corrected chi connectivity index (χ0v) is 22.2. The van der Waals surface area contributed by atoms with Gasteiger partial charge < -0.3 is 18.9 Å². The molecule has 1 aliphatic rings. The number of fused-ring (bicyclic) bond motifs is 1. The quantitative estimate of drug-likeness (QED) is 0.243. The number of aromatic nitrogens is 1. The lowest BCUT2D eigenvalue weighted by Crippen LogP contribution is -2.39. The Morgan fingerprint density at radius 1 is 1.16 bits per heavy atom. The largest absolute Gasteiger partial charge is 0.497 e. The second-order valence-electron chi connectivity index (χ2n) is 8.10. The van der Waals surface area contributed by atoms with Gasteiger partial charge in [-0.1, -0.05) is 23.5 Å². The van der Waals surface area contributed by atoms with E-state index in [0.717, 1.165) is 11.3 Å². The highest BCUT2D eigenvalue weighted by Crippen LogP contribution is 2.35. The van der Waals surface area contributed by atoms with Crippen LogP contribution in [0.3, 0.4) is 0 Å². The van der Waals surface area contributed by atoms with Crippen LogP contribution in [0.25, 0.3) is 6.08 Å². The Morgan fingerprint density at radius 3 is 2.50 bits per heavy atom. The van der Waals surface area contributed by atoms with Crippen molar-refractivity contribution in [2.24, 2.45) is 4.99 Å². The van der Waals surface area contributed by atoms with E-state index in [9.17, 15) is 19.7 Å². The molecule has 11 nitrogen and oxygen atoms in total. The van der Waals surface area contributed by atoms with Gasteiger partial charge in [0.25, 0.3) is 11.2 Å². The van der Waals surface area contributed by atoms with Crippen LogP contribution in [0.1, 0.15) is 31.0 Å². The van der Waals surface area contributed by atoms with Crippen LogP contribution < -0.4 is 29.1 Å². The third-order valence-electron chi connectivity index (χ3n) is 5.94. The van der Waals surface area contributed by atoms with E-state index in [-0.39, 0.29) is 39.5 Å². The van der Waals surface area contributed by atoms with Gasteiger partial charge in [0.2, 0.25) is 0 Å². The van der Waals surface area contributed by atoms with Crippen LogP contribution >= 0.6 is 11.3 Å². The van der Waals surface area contributed by atoms with E-state index in [0.29, 0.717) is 21.8 Å². The summed E-state index contributed by atoms with van der Waals surface area (Å²) >= 11 is 1.06. The number of benzene rings is 2. The van der Waals surface area contributed by atoms with Crippen molar-refractivity contribution in [3.05, 3.63) is 88.6 Å². The van der Waals surface area contributed by atoms with Gasteiger partial charge in [-0.05, 0) is 43.7 Å². The molecule has 38 heavy (non-hydrogen) atoms. The molecule has 0 N–H and O–H groups in total. The third kappa shape index (κ3) is 4.77. The summed E-state index contributed by atoms with van der Waals surface area (Å²) in [6.45, 7) is 3.52. The standard InChI is InChI=1S/C26H25N3O8S/c1-6-37-25(31)22-14(2)27-26-28(23(22)15-8-7-9-17(10-15)34-3)24(30)21(38-26)12-16-11-19(35-4)20(36-5)13-18(16)29(32)33/h7-13,23H,6H2,1-5H3/b21-12-. The number of ether oxygens (including phenoxy) is 4. The molecule has 1 atom stereocenters. The number of nitrogens with zero attached hydrogens (tertiary/aromatic N) is 3. The smallest absolute Gasteiger partial charge is 0.338 e. The van der Waals surface area contributed by atoms with Gasteiger partial charge in [0.1, 0.15) is 5.75 Å². The van der Waals surface area contributed by atoms with Gasteiger partial charge >= 0.3 is 5.97 Å². The maximum absolute atomic E-state index is 13.8. The molecule has 1 unspecified atom stereocenters. The first-order valence-electron chi connectivity index (χ1n) is 11.5. The molecule has 0 aliphatic carbocycles. The van der Waals surface area contributed by atoms with E-state index >= 15 is 0 Å². The highest BCUT2D eigenvalue weighted by Gasteiger charge is 2.33. The fraction of sp³-hybridized carbons (Fsp3) is 0.269. The number of hydrogen-bond donors (Lipinski definition) is 0. The molecule has 198 valence electrons. The van der Waals surface area contributed by atoms with Crippen molar-refractivity contribution in [1.82, 2.24) is 4.57 Å². The Labute approximate surface area is 221 Å². The van der Waals surface area contributed by atoms with Gasteiger partial charge in [0, 0.05) is 0 Å². The lowest BCUT2D eigenvalue weighted by Gasteiger charge is -2.25. The maximum atomic E-state index is 13.8. The van der Waals surface area contributed by atoms with E-state index in [1.165, 1.54) is 44.1 Å². The number of carbonyl (C=O) groups excluding carboxylic acids is 1. The molecule has 0 spiro atoms. The summed E-state index contributed by atoms with van der Waals surface area (Å²) < 4.78 is 22.7. The first-order valence-corrected chi connectivity index (χ1v) is 12.3. The van der Waals surface area contributed by atoms with E-state index in [4.69, 9.17) is 18.9 Å². The topological polar surface area (TPSA) is 131 Å². The van der Waals surface area contributed by atoms with Crippen molar-refractivity contribution in [3.8, 4) is 17.2 Å². The molecule has 0 radical (unpaired) electrons. The number of thiazole rings is 1. The van der Waals surface area contributed by atoms with Crippen LogP contribution in [0.15, 0.2) is 57.5 Å². The van der Waals surface area contributed by atoms with Gasteiger partial charge in [0.05, 0.1) is 66.3 Å². The van der Waals surface area contributed by atoms with Gasteiger partial charge in [-0.15, -0.1) is 0 Å². The zero-order valence-electron chi connectivity index (χ0n) is 21.3. The molecule has 0 saturated carbocycles. The molecule has 3 aromatic rings. The fourth-order valence-electron chi connectivity index (χ4n) is 4.22. The molecule has 2 aromatic carbocycles. The molecule has 0 saturated heterocycles. The summed E-state index contributed by atoms with van der Waals surface area (Å²) in [5.41, 5.74) is 0.655. The zero-order chi connectivity index (χ0) is 27.6. The number of rotatable bonds is 8. The fourth-order valence-corrected chi connectivity index (χ4v) is 5.25. The molecule has 1 aliphatic heterocycles. The Balaban J connectivity index is 2.00. The Hall–Kier alpha value is -4.45. The van der Waals surface area contributed by atoms with Crippen LogP contribution in [-0.4, -0.2) is 43.4 Å². The van der Waals surface area contributed by atoms with Gasteiger partial charge in [-0.3, -0.25) is 19.5 Å². The van der Waals surface area contributed by atoms with Crippen molar-refractivity contribution in [1.29, 1.82) is 0 Å². The number of carbonyl (C=O) groups is 1. The second kappa shape index (κ2) is 10.9. The molecule has 12 heteroatoms. The van der Waals surface area contributed by atoms with Crippen molar-refractivity contribution < 1.29 is 28.7 Å². The summed E-state index contributed by atoms with van der Waals surface area (Å²) in [5.74, 6) is 0.409. The van der Waals surface area contributed by atoms with Gasteiger partial charge in [-0.25, -0.2) is 9.79 Å². The number of hydrogen-bond acceptors (Lipinski definition) is 10. The third-order valence-corrected chi connectivity index (χ3v) is 6.93. The average molecular weight is 540 g/mol. The molecule has 4 rings (SSSR count). The van der Waals surface area contributed by atoms with E-state index < -0.39 is 22.5 Å². The Bertz CT molecular complexity index is 1640. The summed E-state index contributed by atoms with van der Waals surface area (Å²) in [5, 5.41) is 11.8. The minimum Gasteiger partial charge on any atom is -0.497 e. The molecular formula is C26H25N3O8S. The normalized spacial score (nSPS) is 15.0. The van der Waals surface area contributed by atoms with Crippen LogP contribution in [0.5, 0.6) is 17.2 Å². The average Bonchev–Trinajstić information content (AvgIpc) is 3.21. The molecule has 0 fully saturated rings. The minimum absolute atomic E-state index is 0.147. The van der Waals surface area contributed by atoms with E-state index in [1.807, 2.05) is 0 Å². The number of allylic oxidation sites excluding steroid dienone is 1. The maximum Gasteiger partial charge on any atom is 0.338 e. The predicted molar refractivity (Wildman–Crippen MR) is 140 cm³/mol. The van der Waals surface area contributed by atoms with E-state index in [2.05, 4.69) is 4.99 Å². The lowest BCUT2D eigenvalue weighted by molar-refractivity contribution is -0.385. The monoisotopic (exact) mass is 539 g/mol. The number of esters is 1. The highest BCUT2D eigenvalue weighted by atomic mass is 32.1. The summed E-state index contributed by atoms with van der Waals surface area (Å²) in [4.78, 5) is 42.9. The number of nitro groups is 1. The molecular weight excluding hydrogens is 514 g/mol. The summed E-state index contributed by atoms with van der Waals surface area (Å²) in [6, 6.07) is 8.86. The van der Waals surface area contributed by atoms with Crippen LogP contribution in [0.2, 0.25) is 0 Å². The molecule has 0 bridgehead atoms. The van der Waals surface area contributed by atoms with Crippen molar-refractivity contribution >= 4 is 29.1 Å². The highest BCUT2D eigenvalue weighted by molar-refractivity contribution is 7.07. The summed E-state index contributed by atoms with van der Waals surface area (Å²) in [7, 11) is 4.31. The van der Waals surface area contributed by atoms with Crippen molar-refractivity contribution in [2.75, 3.05) is 27.9 Å². The first-order chi connectivity index (χ1) is 18.2. The molecule has 0 amide bonds. The van der Waals surface area contributed by atoms with Gasteiger partial charge in [0.15, 0.2) is 16.3 Å². The Morgan fingerprint density at radius 2 is 1.87 bits per heavy atom. The minimum atomic E-state index is -0.845. The number of nitro benzene ring substituents is 1. The van der Waals surface area contributed by atoms with Crippen LogP contribution in [-0.2, 0) is 9.53 Å².